The summed E-state index contributed by atoms with van der Waals surface area (Å²) < 4.78 is 13.0. The molecule has 0 radical (unpaired) electrons. The van der Waals surface area contributed by atoms with Crippen LogP contribution in [0.3, 0.4) is 0 Å². The van der Waals surface area contributed by atoms with Crippen LogP contribution in [0.15, 0.2) is 72.8 Å². The number of hydrogen-bond donors (Lipinski definition) is 2. The van der Waals surface area contributed by atoms with Gasteiger partial charge in [0.2, 0.25) is 0 Å². The van der Waals surface area contributed by atoms with Crippen molar-refractivity contribution < 1.29 is 14.0 Å². The first-order valence-corrected chi connectivity index (χ1v) is 8.63. The Hall–Kier alpha value is -3.47. The molecule has 5 heteroatoms. The lowest BCUT2D eigenvalue weighted by atomic mass is 10.1. The Morgan fingerprint density at radius 3 is 2.07 bits per heavy atom. The molecular weight excluding hydrogens is 343 g/mol. The molecule has 0 bridgehead atoms. The summed E-state index contributed by atoms with van der Waals surface area (Å²) in [6.07, 6.45) is 0.791. The van der Waals surface area contributed by atoms with E-state index in [0.29, 0.717) is 16.8 Å². The first-order chi connectivity index (χ1) is 13.1. The maximum atomic E-state index is 13.0. The molecule has 0 heterocycles. The lowest BCUT2D eigenvalue weighted by Crippen LogP contribution is -2.18. The highest BCUT2D eigenvalue weighted by atomic mass is 19.1. The van der Waals surface area contributed by atoms with Gasteiger partial charge in [0.1, 0.15) is 5.82 Å². The Morgan fingerprint density at radius 1 is 0.778 bits per heavy atom. The van der Waals surface area contributed by atoms with Crippen LogP contribution < -0.4 is 10.6 Å². The van der Waals surface area contributed by atoms with Crippen molar-refractivity contribution in [1.82, 2.24) is 0 Å². The van der Waals surface area contributed by atoms with Gasteiger partial charge in [-0.2, -0.15) is 0 Å². The minimum atomic E-state index is -0.416. The zero-order valence-corrected chi connectivity index (χ0v) is 14.8. The Balaban J connectivity index is 1.82. The lowest BCUT2D eigenvalue weighted by Gasteiger charge is -2.13. The van der Waals surface area contributed by atoms with Crippen molar-refractivity contribution in [3.63, 3.8) is 0 Å². The average Bonchev–Trinajstić information content (AvgIpc) is 2.69. The van der Waals surface area contributed by atoms with Gasteiger partial charge in [-0.05, 0) is 54.4 Å². The van der Waals surface area contributed by atoms with Gasteiger partial charge in [0.05, 0.1) is 11.3 Å². The number of hydrogen-bond acceptors (Lipinski definition) is 2. The van der Waals surface area contributed by atoms with Crippen LogP contribution in [-0.4, -0.2) is 11.8 Å². The van der Waals surface area contributed by atoms with Gasteiger partial charge in [0, 0.05) is 11.3 Å². The normalized spacial score (nSPS) is 10.3. The molecule has 2 N–H and O–H groups in total. The highest BCUT2D eigenvalue weighted by Gasteiger charge is 2.15. The van der Waals surface area contributed by atoms with Crippen molar-refractivity contribution in [2.24, 2.45) is 0 Å². The number of anilines is 2. The zero-order valence-electron chi connectivity index (χ0n) is 14.8. The van der Waals surface area contributed by atoms with Crippen LogP contribution >= 0.6 is 0 Å². The molecule has 4 nitrogen and oxygen atoms in total. The molecule has 0 saturated heterocycles. The Kier molecular flexibility index (Phi) is 5.61. The van der Waals surface area contributed by atoms with E-state index in [-0.39, 0.29) is 5.91 Å². The summed E-state index contributed by atoms with van der Waals surface area (Å²) in [5, 5.41) is 5.62. The molecule has 0 aliphatic heterocycles. The van der Waals surface area contributed by atoms with E-state index in [1.807, 2.05) is 31.2 Å². The van der Waals surface area contributed by atoms with Crippen molar-refractivity contribution in [3.05, 3.63) is 95.3 Å². The highest BCUT2D eigenvalue weighted by molar-refractivity contribution is 6.12. The minimum Gasteiger partial charge on any atom is -0.322 e. The molecule has 0 aliphatic rings. The van der Waals surface area contributed by atoms with Gasteiger partial charge in [-0.15, -0.1) is 0 Å². The smallest absolute Gasteiger partial charge is 0.257 e. The third-order valence-electron chi connectivity index (χ3n) is 4.17. The quantitative estimate of drug-likeness (QED) is 0.679. The van der Waals surface area contributed by atoms with E-state index < -0.39 is 11.7 Å². The fourth-order valence-electron chi connectivity index (χ4n) is 2.73. The van der Waals surface area contributed by atoms with Crippen molar-refractivity contribution >= 4 is 23.2 Å². The molecule has 0 aliphatic carbocycles. The second-order valence-corrected chi connectivity index (χ2v) is 5.97. The maximum absolute atomic E-state index is 13.0. The number of benzene rings is 3. The average molecular weight is 362 g/mol. The summed E-state index contributed by atoms with van der Waals surface area (Å²) in [5.41, 5.74) is 2.81. The molecular formula is C22H19FN2O2. The fraction of sp³-hybridized carbons (Fsp3) is 0.0909. The van der Waals surface area contributed by atoms with Gasteiger partial charge < -0.3 is 10.6 Å². The lowest BCUT2D eigenvalue weighted by molar-refractivity contribution is 0.102. The number of carbonyl (C=O) groups is 2. The fourth-order valence-corrected chi connectivity index (χ4v) is 2.73. The molecule has 2 amide bonds. The molecule has 0 aromatic heterocycles. The molecule has 136 valence electrons. The molecule has 0 atom stereocenters. The molecule has 0 fully saturated rings. The van der Waals surface area contributed by atoms with E-state index in [4.69, 9.17) is 0 Å². The second kappa shape index (κ2) is 8.27. The highest BCUT2D eigenvalue weighted by Crippen LogP contribution is 2.21. The number of para-hydroxylation sites is 2. The number of amides is 2. The first kappa shape index (κ1) is 18.3. The van der Waals surface area contributed by atoms with Gasteiger partial charge in [-0.25, -0.2) is 4.39 Å². The van der Waals surface area contributed by atoms with Crippen molar-refractivity contribution in [2.75, 3.05) is 10.6 Å². The standard InChI is InChI=1S/C22H19FN2O2/c1-2-15-7-3-5-9-19(15)24-22(27)18-8-4-6-10-20(18)25-21(26)16-11-13-17(23)14-12-16/h3-14H,2H2,1H3,(H,24,27)(H,25,26). The van der Waals surface area contributed by atoms with E-state index in [1.54, 1.807) is 24.3 Å². The monoisotopic (exact) mass is 362 g/mol. The Morgan fingerprint density at radius 2 is 1.37 bits per heavy atom. The molecule has 3 aromatic rings. The molecule has 3 aromatic carbocycles. The number of nitrogens with one attached hydrogen (secondary N) is 2. The van der Waals surface area contributed by atoms with E-state index >= 15 is 0 Å². The summed E-state index contributed by atoms with van der Waals surface area (Å²) in [7, 11) is 0. The van der Waals surface area contributed by atoms with Crippen LogP contribution in [0.4, 0.5) is 15.8 Å². The van der Waals surface area contributed by atoms with Crippen molar-refractivity contribution in [2.45, 2.75) is 13.3 Å². The number of rotatable bonds is 5. The van der Waals surface area contributed by atoms with Crippen LogP contribution in [0.25, 0.3) is 0 Å². The summed E-state index contributed by atoms with van der Waals surface area (Å²) in [6, 6.07) is 19.6. The van der Waals surface area contributed by atoms with E-state index in [2.05, 4.69) is 10.6 Å². The Labute approximate surface area is 157 Å². The molecule has 0 unspecified atom stereocenters. The molecule has 3 rings (SSSR count). The number of carbonyl (C=O) groups excluding carboxylic acids is 2. The summed E-state index contributed by atoms with van der Waals surface area (Å²) in [4.78, 5) is 25.1. The largest absolute Gasteiger partial charge is 0.322 e. The maximum Gasteiger partial charge on any atom is 0.257 e. The summed E-state index contributed by atoms with van der Waals surface area (Å²) >= 11 is 0. The molecule has 0 saturated carbocycles. The Bertz CT molecular complexity index is 968. The third-order valence-corrected chi connectivity index (χ3v) is 4.17. The first-order valence-electron chi connectivity index (χ1n) is 8.63. The topological polar surface area (TPSA) is 58.2 Å². The van der Waals surface area contributed by atoms with Crippen LogP contribution in [0, 0.1) is 5.82 Å². The van der Waals surface area contributed by atoms with E-state index in [9.17, 15) is 14.0 Å². The summed E-state index contributed by atoms with van der Waals surface area (Å²) in [5.74, 6) is -1.14. The van der Waals surface area contributed by atoms with Gasteiger partial charge in [0.25, 0.3) is 11.8 Å². The SMILES string of the molecule is CCc1ccccc1NC(=O)c1ccccc1NC(=O)c1ccc(F)cc1. The third kappa shape index (κ3) is 4.39. The zero-order chi connectivity index (χ0) is 19.2. The van der Waals surface area contributed by atoms with Crippen LogP contribution in [0.2, 0.25) is 0 Å². The van der Waals surface area contributed by atoms with E-state index in [0.717, 1.165) is 17.7 Å². The molecule has 0 spiro atoms. The van der Waals surface area contributed by atoms with E-state index in [1.165, 1.54) is 24.3 Å². The van der Waals surface area contributed by atoms with Gasteiger partial charge >= 0.3 is 0 Å². The number of aryl methyl sites for hydroxylation is 1. The second-order valence-electron chi connectivity index (χ2n) is 5.97. The van der Waals surface area contributed by atoms with Crippen LogP contribution in [-0.2, 0) is 6.42 Å². The van der Waals surface area contributed by atoms with Crippen molar-refractivity contribution in [3.8, 4) is 0 Å². The predicted molar refractivity (Wildman–Crippen MR) is 105 cm³/mol. The van der Waals surface area contributed by atoms with Crippen LogP contribution in [0.5, 0.6) is 0 Å². The minimum absolute atomic E-state index is 0.308. The van der Waals surface area contributed by atoms with Gasteiger partial charge in [-0.3, -0.25) is 9.59 Å². The van der Waals surface area contributed by atoms with Gasteiger partial charge in [-0.1, -0.05) is 37.3 Å². The van der Waals surface area contributed by atoms with Gasteiger partial charge in [0.15, 0.2) is 0 Å². The molecule has 27 heavy (non-hydrogen) atoms. The van der Waals surface area contributed by atoms with Crippen molar-refractivity contribution in [1.29, 1.82) is 0 Å². The van der Waals surface area contributed by atoms with Crippen LogP contribution in [0.1, 0.15) is 33.2 Å². The summed E-state index contributed by atoms with van der Waals surface area (Å²) in [6.45, 7) is 2.02. The number of halogens is 1. The predicted octanol–water partition coefficient (Wildman–Crippen LogP) is 4.89.